The Hall–Kier alpha value is -1.35. The van der Waals surface area contributed by atoms with Crippen molar-refractivity contribution in [1.29, 1.82) is 0 Å². The molecule has 6 saturated heterocycles. The van der Waals surface area contributed by atoms with E-state index in [1.165, 1.54) is 94.9 Å². The zero-order chi connectivity index (χ0) is 81.7. The normalized spacial score (nSPS) is 22.7. The second-order valence-corrected chi connectivity index (χ2v) is 50.8. The monoisotopic (exact) mass is 1990 g/mol. The van der Waals surface area contributed by atoms with Gasteiger partial charge in [0.25, 0.3) is 34.7 Å². The second kappa shape index (κ2) is 36.6. The van der Waals surface area contributed by atoms with E-state index < -0.39 is 111 Å². The molecule has 41 heteroatoms. The third-order valence-corrected chi connectivity index (χ3v) is 45.1. The van der Waals surface area contributed by atoms with E-state index >= 15 is 8.78 Å². The van der Waals surface area contributed by atoms with Crippen molar-refractivity contribution in [2.75, 3.05) is 91.8 Å². The molecule has 0 radical (unpaired) electrons. The van der Waals surface area contributed by atoms with E-state index in [4.69, 9.17) is 73.5 Å². The van der Waals surface area contributed by atoms with Gasteiger partial charge in [0.05, 0.1) is 97.8 Å². The largest absolute Gasteiger partial charge is 1.00 e. The molecule has 1 N–H and O–H groups in total. The first kappa shape index (κ1) is 93.9. The van der Waals surface area contributed by atoms with Crippen LogP contribution in [0, 0.1) is 0 Å². The van der Waals surface area contributed by atoms with Gasteiger partial charge < -0.3 is 48.1 Å². The van der Waals surface area contributed by atoms with Crippen LogP contribution in [0.15, 0.2) is 60.1 Å². The van der Waals surface area contributed by atoms with Gasteiger partial charge >= 0.3 is 268 Å². The number of unbranched alkanes of at least 4 members (excludes halogenated alkanes) is 3. The molecule has 0 unspecified atom stereocenters. The minimum absolute atomic E-state index is 0. The summed E-state index contributed by atoms with van der Waals surface area (Å²) in [4.78, 5) is 67.0. The standard InChI is InChI=1S/C11H9BrF2O4S.C11H10F2O4S.C11H9F2O4S.C7HBrF2O2S.C7H2F2O2S.C7H4O2S.C4H9O.3C4H9.C2H5ClO.K.Sn/c12-7-5-6-8(19-7)10(17-3-4-18-10)11(13,14)9(6)15-1-2-16-9;2*12-11(13)9(14-2-3-15-9)7-1-6-18-8(7)10(11)16-4-5-17-10;8-3-1-2-4(13-3)6(12)7(9,10)5(2)11;8-7(9)5(10)3-1-2-12-4(3)6(7)11;8-5-3-6(9)7-4(5)1-2-10-7;1-4(2,3)5;3*1-3-4-2;3-1-2-4;;/h5H,1-4H2;1,6H,2-5H2;1H,2-5H2;1H;1-2H;1-2H,3H2;1-3H3;3*1,3-4H2,2H3;4H,1-2H2;;/q;;;;;;-1;;;;;+1;. The number of ketones is 6. The average molecular weight is 2000 g/mol. The fraction of sp³-hybridized carbons (Fsp3) is 0.583. The smallest absolute Gasteiger partial charge is 0.395 e. The van der Waals surface area contributed by atoms with Crippen LogP contribution < -0.4 is 59.4 Å². The zero-order valence-electron chi connectivity index (χ0n) is 61.7. The van der Waals surface area contributed by atoms with Gasteiger partial charge in [0.15, 0.2) is 11.6 Å². The first-order chi connectivity index (χ1) is 52.8. The van der Waals surface area contributed by atoms with Gasteiger partial charge in [-0.3, -0.25) is 28.8 Å². The van der Waals surface area contributed by atoms with Gasteiger partial charge in [0, 0.05) is 33.7 Å². The Kier molecular flexibility index (Phi) is 30.4. The number of hydrogen-bond donors (Lipinski definition) is 1. The molecular formula is C72H76Br2ClF10KO20S6Sn. The van der Waals surface area contributed by atoms with Crippen molar-refractivity contribution in [2.45, 2.75) is 170 Å². The minimum atomic E-state index is -3.85. The molecule has 0 atom stereocenters. The van der Waals surface area contributed by atoms with Crippen LogP contribution in [0.5, 0.6) is 0 Å². The van der Waals surface area contributed by atoms with Crippen LogP contribution in [-0.4, -0.2) is 185 Å². The zero-order valence-corrected chi connectivity index (χ0v) is 76.5. The van der Waals surface area contributed by atoms with Crippen LogP contribution in [0.25, 0.3) is 0 Å². The van der Waals surface area contributed by atoms with Crippen LogP contribution in [-0.2, 0) is 91.6 Å². The number of thiophene rings is 6. The van der Waals surface area contributed by atoms with Gasteiger partial charge in [-0.05, 0) is 78.3 Å². The van der Waals surface area contributed by atoms with E-state index in [9.17, 15) is 69.0 Å². The van der Waals surface area contributed by atoms with Crippen LogP contribution >= 0.6 is 111 Å². The van der Waals surface area contributed by atoms with Crippen molar-refractivity contribution in [3.05, 3.63) is 123 Å². The van der Waals surface area contributed by atoms with Gasteiger partial charge in [0.2, 0.25) is 11.6 Å². The summed E-state index contributed by atoms with van der Waals surface area (Å²) in [6, 6.07) is 9.46. The van der Waals surface area contributed by atoms with Crippen molar-refractivity contribution < 1.29 is 191 Å². The third kappa shape index (κ3) is 16.3. The Bertz CT molecular complexity index is 4180. The summed E-state index contributed by atoms with van der Waals surface area (Å²) in [6.07, 6.45) is 7.27. The van der Waals surface area contributed by atoms with Crippen LogP contribution in [0.3, 0.4) is 0 Å². The Labute approximate surface area is 734 Å². The molecule has 20 nitrogen and oxygen atoms in total. The van der Waals surface area contributed by atoms with Crippen LogP contribution in [0.4, 0.5) is 43.9 Å². The molecule has 6 aliphatic carbocycles. The van der Waals surface area contributed by atoms with Crippen LogP contribution in [0.2, 0.25) is 13.3 Å². The number of halogens is 13. The fourth-order valence-corrected chi connectivity index (χ4v) is 40.9. The number of ether oxygens (including phenoxy) is 12. The minimum Gasteiger partial charge on any atom is -0.395 e. The number of aliphatic hydroxyl groups is 1. The molecule has 0 amide bonds. The van der Waals surface area contributed by atoms with E-state index in [0.717, 1.165) is 34.0 Å². The van der Waals surface area contributed by atoms with Crippen molar-refractivity contribution >= 4 is 167 Å². The maximum absolute atomic E-state index is 15.9. The number of aliphatic hydroxyl groups excluding tert-OH is 1. The number of alkyl halides is 11. The van der Waals surface area contributed by atoms with E-state index in [1.54, 1.807) is 61.1 Å². The summed E-state index contributed by atoms with van der Waals surface area (Å²) in [5, 5.41) is 22.8. The summed E-state index contributed by atoms with van der Waals surface area (Å²) in [6.45, 7) is 13.4. The molecule has 6 aliphatic heterocycles. The molecule has 0 saturated carbocycles. The molecule has 12 heterocycles. The molecule has 18 rings (SSSR count). The molecule has 0 bridgehead atoms. The van der Waals surface area contributed by atoms with E-state index in [1.807, 2.05) is 0 Å². The van der Waals surface area contributed by atoms with Crippen LogP contribution in [0.1, 0.15) is 178 Å². The third-order valence-electron chi connectivity index (χ3n) is 19.3. The van der Waals surface area contributed by atoms with Gasteiger partial charge in [-0.1, -0.05) is 20.8 Å². The second-order valence-electron chi connectivity index (χ2n) is 27.6. The molecule has 113 heavy (non-hydrogen) atoms. The maximum atomic E-state index is 15.9. The number of hydrogen-bond acceptors (Lipinski definition) is 26. The summed E-state index contributed by atoms with van der Waals surface area (Å²) in [7, 11) is 0. The molecule has 6 spiro atoms. The first-order valence-corrected chi connectivity index (χ1v) is 50.2. The Morgan fingerprint density at radius 1 is 0.451 bits per heavy atom. The number of carbonyl (C=O) groups excluding carboxylic acids is 6. The van der Waals surface area contributed by atoms with Crippen molar-refractivity contribution in [3.8, 4) is 0 Å². The predicted molar refractivity (Wildman–Crippen MR) is 400 cm³/mol. The van der Waals surface area contributed by atoms with Crippen molar-refractivity contribution in [2.24, 2.45) is 0 Å². The fourth-order valence-electron chi connectivity index (χ4n) is 14.4. The number of fused-ring (bicyclic) bond motifs is 12. The average Bonchev–Trinajstić information content (AvgIpc) is 1.51. The van der Waals surface area contributed by atoms with Gasteiger partial charge in [-0.25, -0.2) is 0 Å². The maximum Gasteiger partial charge on any atom is 1.00 e. The molecule has 6 fully saturated rings. The molecule has 0 aromatic carbocycles. The van der Waals surface area contributed by atoms with E-state index in [0.29, 0.717) is 55.2 Å². The van der Waals surface area contributed by atoms with Crippen molar-refractivity contribution in [3.63, 3.8) is 0 Å². The quantitative estimate of drug-likeness (QED) is 0.0547. The number of Topliss-reactive ketones (excluding diaryl/α,β-unsaturated/α-hetero) is 6. The summed E-state index contributed by atoms with van der Waals surface area (Å²) >= 11 is 15.4. The Morgan fingerprint density at radius 2 is 0.796 bits per heavy atom. The van der Waals surface area contributed by atoms with Crippen molar-refractivity contribution in [1.82, 2.24) is 0 Å². The molecular weight excluding hydrogens is 1920 g/mol. The number of carbonyl (C=O) groups is 6. The summed E-state index contributed by atoms with van der Waals surface area (Å²) in [5.74, 6) is -35.5. The SMILES string of the molecule is CC(C)(C)[O-].CCC[CH2][Sn]([CH2]CCC)([CH2]CCC)[c]1cc2c(s1)C1(OCCO1)C(F)(F)C21OCCO1.FC1(F)C2(OCCO2)c2cc(Br)sc2C12OCCO2.FC1(F)C2(OCCO2)c2ccsc2C12OCCO2.O=C1CC(=O)c2sccc21.O=C1c2cc(Br)sc2C(=O)C1(F)F.O=C1c2ccsc2C(=O)C1(F)F.OCCCl.[K+]. The number of rotatable bonds is 11. The Morgan fingerprint density at radius 3 is 1.19 bits per heavy atom. The van der Waals surface area contributed by atoms with Gasteiger partial charge in [0.1, 0.15) is 0 Å². The summed E-state index contributed by atoms with van der Waals surface area (Å²) < 4.78 is 214. The topological polar surface area (TPSA) is 256 Å². The molecule has 6 aromatic heterocycles. The Balaban J connectivity index is 0.000000145. The van der Waals surface area contributed by atoms with Gasteiger partial charge in [-0.2, -0.15) is 35.1 Å². The van der Waals surface area contributed by atoms with E-state index in [2.05, 4.69) is 58.7 Å². The molecule has 6 aromatic rings. The molecule has 616 valence electrons. The molecule has 12 aliphatic rings. The predicted octanol–water partition coefficient (Wildman–Crippen LogP) is 13.4. The van der Waals surface area contributed by atoms with Gasteiger partial charge in [-0.15, -0.1) is 73.9 Å². The summed E-state index contributed by atoms with van der Waals surface area (Å²) in [5.41, 5.74) is 0.657. The first-order valence-electron chi connectivity index (χ1n) is 35.5. The van der Waals surface area contributed by atoms with E-state index in [-0.39, 0.29) is 176 Å².